The zero-order valence-corrected chi connectivity index (χ0v) is 13.6. The Kier molecular flexibility index (Phi) is 4.18. The van der Waals surface area contributed by atoms with Crippen molar-refractivity contribution in [1.82, 2.24) is 15.3 Å². The first-order valence-corrected chi connectivity index (χ1v) is 8.11. The Morgan fingerprint density at radius 2 is 1.96 bits per heavy atom. The molecule has 3 N–H and O–H groups in total. The number of ether oxygens (including phenoxy) is 1. The number of amides is 2. The number of hydrogen-bond donors (Lipinski definition) is 3. The highest BCUT2D eigenvalue weighted by atomic mass is 16.5. The van der Waals surface area contributed by atoms with E-state index in [0.29, 0.717) is 25.6 Å². The van der Waals surface area contributed by atoms with E-state index in [9.17, 15) is 4.79 Å². The molecule has 2 heterocycles. The maximum absolute atomic E-state index is 12.1. The number of carbonyl (C=O) groups excluding carboxylic acids is 1. The van der Waals surface area contributed by atoms with Crippen LogP contribution >= 0.6 is 0 Å². The van der Waals surface area contributed by atoms with Gasteiger partial charge in [0.2, 0.25) is 0 Å². The third-order valence-corrected chi connectivity index (χ3v) is 4.11. The van der Waals surface area contributed by atoms with Gasteiger partial charge in [-0.25, -0.2) is 9.78 Å². The second-order valence-electron chi connectivity index (χ2n) is 5.89. The summed E-state index contributed by atoms with van der Waals surface area (Å²) in [7, 11) is 0. The number of H-pyrrole nitrogens is 1. The molecule has 0 fully saturated rings. The number of aromatic amines is 1. The van der Waals surface area contributed by atoms with E-state index in [1.807, 2.05) is 48.5 Å². The predicted molar refractivity (Wildman–Crippen MR) is 94.8 cm³/mol. The number of urea groups is 1. The summed E-state index contributed by atoms with van der Waals surface area (Å²) in [6.07, 6.45) is 1.77. The summed E-state index contributed by atoms with van der Waals surface area (Å²) in [6.45, 7) is 1.57. The Bertz CT molecular complexity index is 889. The number of rotatable bonds is 4. The van der Waals surface area contributed by atoms with E-state index in [1.54, 1.807) is 6.20 Å². The highest BCUT2D eigenvalue weighted by Gasteiger charge is 2.12. The van der Waals surface area contributed by atoms with Crippen LogP contribution in [0.2, 0.25) is 0 Å². The molecule has 6 heteroatoms. The largest absolute Gasteiger partial charge is 0.372 e. The number of hydrogen-bond acceptors (Lipinski definition) is 3. The number of imidazole rings is 1. The van der Waals surface area contributed by atoms with E-state index in [4.69, 9.17) is 4.74 Å². The van der Waals surface area contributed by atoms with E-state index in [2.05, 4.69) is 20.6 Å². The van der Waals surface area contributed by atoms with Gasteiger partial charge in [-0.3, -0.25) is 0 Å². The van der Waals surface area contributed by atoms with Gasteiger partial charge in [0.05, 0.1) is 31.6 Å². The Hall–Kier alpha value is -3.12. The molecule has 2 aromatic carbocycles. The van der Waals surface area contributed by atoms with Gasteiger partial charge in [-0.2, -0.15) is 0 Å². The van der Waals surface area contributed by atoms with Crippen LogP contribution in [0.1, 0.15) is 17.0 Å². The Morgan fingerprint density at radius 3 is 2.84 bits per heavy atom. The van der Waals surface area contributed by atoms with Gasteiger partial charge < -0.3 is 20.4 Å². The van der Waals surface area contributed by atoms with Crippen LogP contribution in [0.3, 0.4) is 0 Å². The number of benzene rings is 2. The second kappa shape index (κ2) is 6.78. The molecule has 2 amide bonds. The summed E-state index contributed by atoms with van der Waals surface area (Å²) in [5.41, 5.74) is 5.04. The molecule has 0 spiro atoms. The number of carbonyl (C=O) groups is 1. The van der Waals surface area contributed by atoms with Crippen molar-refractivity contribution in [2.75, 3.05) is 5.32 Å². The molecule has 4 rings (SSSR count). The van der Waals surface area contributed by atoms with Gasteiger partial charge >= 0.3 is 6.03 Å². The fraction of sp³-hybridized carbons (Fsp3) is 0.158. The summed E-state index contributed by atoms with van der Waals surface area (Å²) in [5, 5.41) is 5.64. The van der Waals surface area contributed by atoms with Crippen molar-refractivity contribution in [3.8, 4) is 11.3 Å². The van der Waals surface area contributed by atoms with Crippen LogP contribution in [-0.4, -0.2) is 16.0 Å². The second-order valence-corrected chi connectivity index (χ2v) is 5.89. The number of fused-ring (bicyclic) bond motifs is 1. The normalized spacial score (nSPS) is 12.6. The van der Waals surface area contributed by atoms with Crippen LogP contribution in [0.25, 0.3) is 11.3 Å². The molecule has 1 aliphatic heterocycles. The van der Waals surface area contributed by atoms with Gasteiger partial charge in [-0.05, 0) is 28.8 Å². The topological polar surface area (TPSA) is 79.0 Å². The first-order chi connectivity index (χ1) is 12.3. The predicted octanol–water partition coefficient (Wildman–Crippen LogP) is 3.43. The smallest absolute Gasteiger partial charge is 0.319 e. The standard InChI is InChI=1S/C19H18N4O2/c24-19(22-16-7-6-14-11-25-12-15(14)8-16)21-10-18-20-9-17(23-18)13-4-2-1-3-5-13/h1-9H,10-12H2,(H,20,23)(H2,21,22,24). The molecule has 126 valence electrons. The quantitative estimate of drug-likeness (QED) is 0.684. The molecular weight excluding hydrogens is 316 g/mol. The van der Waals surface area contributed by atoms with Crippen LogP contribution in [0.4, 0.5) is 10.5 Å². The molecule has 0 atom stereocenters. The average molecular weight is 334 g/mol. The monoisotopic (exact) mass is 334 g/mol. The Labute approximate surface area is 145 Å². The average Bonchev–Trinajstić information content (AvgIpc) is 3.30. The van der Waals surface area contributed by atoms with Crippen LogP contribution < -0.4 is 10.6 Å². The van der Waals surface area contributed by atoms with Crippen molar-refractivity contribution in [3.63, 3.8) is 0 Å². The summed E-state index contributed by atoms with van der Waals surface area (Å²) < 4.78 is 5.38. The molecule has 3 aromatic rings. The zero-order chi connectivity index (χ0) is 17.1. The van der Waals surface area contributed by atoms with Crippen molar-refractivity contribution >= 4 is 11.7 Å². The van der Waals surface area contributed by atoms with Gasteiger partial charge in [-0.1, -0.05) is 36.4 Å². The summed E-state index contributed by atoms with van der Waals surface area (Å²) in [6, 6.07) is 15.5. The maximum Gasteiger partial charge on any atom is 0.319 e. The van der Waals surface area contributed by atoms with Crippen LogP contribution in [-0.2, 0) is 24.5 Å². The zero-order valence-electron chi connectivity index (χ0n) is 13.6. The van der Waals surface area contributed by atoms with E-state index in [1.165, 1.54) is 5.56 Å². The van der Waals surface area contributed by atoms with E-state index < -0.39 is 0 Å². The number of aromatic nitrogens is 2. The number of nitrogens with zero attached hydrogens (tertiary/aromatic N) is 1. The third-order valence-electron chi connectivity index (χ3n) is 4.11. The Balaban J connectivity index is 1.34. The van der Waals surface area contributed by atoms with E-state index in [0.717, 1.165) is 22.5 Å². The molecule has 0 saturated carbocycles. The SMILES string of the molecule is O=C(NCc1ncc(-c2ccccc2)[nH]1)Nc1ccc2c(c1)COC2. The summed E-state index contributed by atoms with van der Waals surface area (Å²) >= 11 is 0. The minimum atomic E-state index is -0.267. The van der Waals surface area contributed by atoms with Gasteiger partial charge in [0.1, 0.15) is 5.82 Å². The minimum absolute atomic E-state index is 0.267. The molecule has 0 saturated heterocycles. The fourth-order valence-corrected chi connectivity index (χ4v) is 2.81. The lowest BCUT2D eigenvalue weighted by molar-refractivity contribution is 0.134. The first-order valence-electron chi connectivity index (χ1n) is 8.11. The van der Waals surface area contributed by atoms with Crippen molar-refractivity contribution in [1.29, 1.82) is 0 Å². The van der Waals surface area contributed by atoms with Crippen molar-refractivity contribution < 1.29 is 9.53 Å². The lowest BCUT2D eigenvalue weighted by atomic mass is 10.1. The molecule has 1 aliphatic rings. The number of nitrogens with one attached hydrogen (secondary N) is 3. The minimum Gasteiger partial charge on any atom is -0.372 e. The molecule has 25 heavy (non-hydrogen) atoms. The van der Waals surface area contributed by atoms with Crippen molar-refractivity contribution in [3.05, 3.63) is 71.7 Å². The van der Waals surface area contributed by atoms with Gasteiger partial charge in [-0.15, -0.1) is 0 Å². The summed E-state index contributed by atoms with van der Waals surface area (Å²) in [4.78, 5) is 19.6. The van der Waals surface area contributed by atoms with Gasteiger partial charge in [0.25, 0.3) is 0 Å². The third kappa shape index (κ3) is 3.54. The van der Waals surface area contributed by atoms with Crippen molar-refractivity contribution in [2.45, 2.75) is 19.8 Å². The molecule has 0 aliphatic carbocycles. The van der Waals surface area contributed by atoms with Crippen LogP contribution in [0, 0.1) is 0 Å². The van der Waals surface area contributed by atoms with Gasteiger partial charge in [0, 0.05) is 5.69 Å². The van der Waals surface area contributed by atoms with Crippen LogP contribution in [0.5, 0.6) is 0 Å². The van der Waals surface area contributed by atoms with Gasteiger partial charge in [0.15, 0.2) is 0 Å². The lowest BCUT2D eigenvalue weighted by Crippen LogP contribution is -2.28. The first kappa shape index (κ1) is 15.4. The number of anilines is 1. The molecule has 0 unspecified atom stereocenters. The molecule has 0 radical (unpaired) electrons. The van der Waals surface area contributed by atoms with Crippen LogP contribution in [0.15, 0.2) is 54.7 Å². The Morgan fingerprint density at radius 1 is 1.12 bits per heavy atom. The molecule has 6 nitrogen and oxygen atoms in total. The van der Waals surface area contributed by atoms with E-state index in [-0.39, 0.29) is 6.03 Å². The highest BCUT2D eigenvalue weighted by molar-refractivity contribution is 5.89. The summed E-state index contributed by atoms with van der Waals surface area (Å²) in [5.74, 6) is 0.705. The van der Waals surface area contributed by atoms with Crippen molar-refractivity contribution in [2.24, 2.45) is 0 Å². The maximum atomic E-state index is 12.1. The molecule has 0 bridgehead atoms. The fourth-order valence-electron chi connectivity index (χ4n) is 2.81. The highest BCUT2D eigenvalue weighted by Crippen LogP contribution is 2.23. The lowest BCUT2D eigenvalue weighted by Gasteiger charge is -2.08. The molecule has 1 aromatic heterocycles. The van der Waals surface area contributed by atoms with E-state index >= 15 is 0 Å². The molecular formula is C19H18N4O2.